The van der Waals surface area contributed by atoms with E-state index in [2.05, 4.69) is 15.0 Å². The highest BCUT2D eigenvalue weighted by Gasteiger charge is 2.08. The molecule has 4 nitrogen and oxygen atoms in total. The molecule has 4 heteroatoms. The summed E-state index contributed by atoms with van der Waals surface area (Å²) in [6, 6.07) is 21.4. The van der Waals surface area contributed by atoms with Gasteiger partial charge in [0.05, 0.1) is 11.2 Å². The van der Waals surface area contributed by atoms with Crippen molar-refractivity contribution in [3.05, 3.63) is 72.9 Å². The fraction of sp³-hybridized carbons (Fsp3) is 0. The van der Waals surface area contributed by atoms with Crippen molar-refractivity contribution in [2.45, 2.75) is 0 Å². The summed E-state index contributed by atoms with van der Waals surface area (Å²) in [5.41, 5.74) is 10.1. The van der Waals surface area contributed by atoms with E-state index in [9.17, 15) is 0 Å². The van der Waals surface area contributed by atoms with E-state index >= 15 is 0 Å². The Morgan fingerprint density at radius 3 is 2.39 bits per heavy atom. The first-order valence-corrected chi connectivity index (χ1v) is 7.35. The second kappa shape index (κ2) is 5.50. The molecule has 0 aliphatic heterocycles. The number of benzene rings is 2. The van der Waals surface area contributed by atoms with E-state index in [4.69, 9.17) is 5.73 Å². The van der Waals surface area contributed by atoms with Crippen LogP contribution in [-0.2, 0) is 0 Å². The van der Waals surface area contributed by atoms with E-state index in [0.29, 0.717) is 11.5 Å². The average molecular weight is 298 g/mol. The van der Waals surface area contributed by atoms with Gasteiger partial charge in [-0.1, -0.05) is 42.5 Å². The van der Waals surface area contributed by atoms with Gasteiger partial charge in [0.25, 0.3) is 0 Å². The number of anilines is 1. The Balaban J connectivity index is 1.83. The summed E-state index contributed by atoms with van der Waals surface area (Å²) in [7, 11) is 0. The van der Waals surface area contributed by atoms with Gasteiger partial charge in [0.1, 0.15) is 5.69 Å². The van der Waals surface area contributed by atoms with Crippen molar-refractivity contribution in [2.24, 2.45) is 0 Å². The molecule has 2 heterocycles. The molecule has 2 aromatic carbocycles. The number of pyridine rings is 1. The van der Waals surface area contributed by atoms with E-state index in [1.165, 1.54) is 0 Å². The topological polar surface area (TPSA) is 64.7 Å². The minimum absolute atomic E-state index is 0.611. The molecule has 0 amide bonds. The summed E-state index contributed by atoms with van der Waals surface area (Å²) < 4.78 is 0. The monoisotopic (exact) mass is 298 g/mol. The molecule has 0 aliphatic rings. The van der Waals surface area contributed by atoms with E-state index in [0.717, 1.165) is 27.9 Å². The van der Waals surface area contributed by atoms with Gasteiger partial charge in [0.15, 0.2) is 5.82 Å². The van der Waals surface area contributed by atoms with Crippen LogP contribution in [0.2, 0.25) is 0 Å². The lowest BCUT2D eigenvalue weighted by molar-refractivity contribution is 1.18. The lowest BCUT2D eigenvalue weighted by Gasteiger charge is -2.07. The van der Waals surface area contributed by atoms with Crippen molar-refractivity contribution < 1.29 is 0 Å². The number of nitrogen functional groups attached to an aromatic ring is 1. The smallest absolute Gasteiger partial charge is 0.178 e. The van der Waals surface area contributed by atoms with E-state index in [1.807, 2.05) is 72.9 Å². The largest absolute Gasteiger partial charge is 0.398 e. The number of hydrogen-bond acceptors (Lipinski definition) is 4. The van der Waals surface area contributed by atoms with Crippen molar-refractivity contribution in [3.8, 4) is 22.8 Å². The van der Waals surface area contributed by atoms with Crippen molar-refractivity contribution >= 4 is 16.6 Å². The Labute approximate surface area is 133 Å². The van der Waals surface area contributed by atoms with Gasteiger partial charge in [-0.15, -0.1) is 0 Å². The number of nitrogens with zero attached hydrogens (tertiary/aromatic N) is 3. The van der Waals surface area contributed by atoms with Gasteiger partial charge >= 0.3 is 0 Å². The predicted molar refractivity (Wildman–Crippen MR) is 92.6 cm³/mol. The highest BCUT2D eigenvalue weighted by atomic mass is 14.9. The number of fused-ring (bicyclic) bond motifs is 1. The normalized spacial score (nSPS) is 10.8. The minimum Gasteiger partial charge on any atom is -0.398 e. The van der Waals surface area contributed by atoms with Crippen LogP contribution in [-0.4, -0.2) is 15.0 Å². The van der Waals surface area contributed by atoms with Crippen LogP contribution in [0.3, 0.4) is 0 Å². The molecular formula is C19H14N4. The second-order valence-corrected chi connectivity index (χ2v) is 5.25. The summed E-state index contributed by atoms with van der Waals surface area (Å²) in [4.78, 5) is 13.7. The molecule has 110 valence electrons. The third-order valence-corrected chi connectivity index (χ3v) is 3.70. The maximum absolute atomic E-state index is 6.04. The summed E-state index contributed by atoms with van der Waals surface area (Å²) in [5, 5.41) is 1.01. The molecule has 2 aromatic heterocycles. The van der Waals surface area contributed by atoms with Gasteiger partial charge in [-0.2, -0.15) is 0 Å². The van der Waals surface area contributed by atoms with Crippen LogP contribution < -0.4 is 5.73 Å². The van der Waals surface area contributed by atoms with Gasteiger partial charge < -0.3 is 5.73 Å². The summed E-state index contributed by atoms with van der Waals surface area (Å²) in [6.07, 6.45) is 1.82. The fourth-order valence-corrected chi connectivity index (χ4v) is 2.54. The average Bonchev–Trinajstić information content (AvgIpc) is 2.62. The van der Waals surface area contributed by atoms with Crippen molar-refractivity contribution in [2.75, 3.05) is 5.73 Å². The molecule has 4 aromatic rings. The van der Waals surface area contributed by atoms with E-state index in [1.54, 1.807) is 0 Å². The molecule has 2 N–H and O–H groups in total. The number of rotatable bonds is 2. The van der Waals surface area contributed by atoms with E-state index in [-0.39, 0.29) is 0 Å². The standard InChI is InChI=1S/C19H14N4/c20-15-8-3-2-7-14(15)17-10-5-11-18(22-17)19-21-12-13-6-1-4-9-16(13)23-19/h1-12H,20H2. The Hall–Kier alpha value is -3.27. The lowest BCUT2D eigenvalue weighted by atomic mass is 10.1. The van der Waals surface area contributed by atoms with Crippen LogP contribution >= 0.6 is 0 Å². The maximum atomic E-state index is 6.04. The highest BCUT2D eigenvalue weighted by Crippen LogP contribution is 2.25. The summed E-state index contributed by atoms with van der Waals surface area (Å²) >= 11 is 0. The lowest BCUT2D eigenvalue weighted by Crippen LogP contribution is -1.95. The Bertz CT molecular complexity index is 995. The number of hydrogen-bond donors (Lipinski definition) is 1. The van der Waals surface area contributed by atoms with Crippen LogP contribution in [0.25, 0.3) is 33.7 Å². The first kappa shape index (κ1) is 13.4. The molecule has 0 atom stereocenters. The molecule has 23 heavy (non-hydrogen) atoms. The van der Waals surface area contributed by atoms with Crippen molar-refractivity contribution in [1.29, 1.82) is 0 Å². The second-order valence-electron chi connectivity index (χ2n) is 5.25. The summed E-state index contributed by atoms with van der Waals surface area (Å²) in [5.74, 6) is 0.611. The Morgan fingerprint density at radius 2 is 1.48 bits per heavy atom. The molecule has 0 saturated carbocycles. The van der Waals surface area contributed by atoms with Crippen LogP contribution in [0.1, 0.15) is 0 Å². The molecule has 4 rings (SSSR count). The zero-order valence-electron chi connectivity index (χ0n) is 12.3. The first-order valence-electron chi connectivity index (χ1n) is 7.35. The minimum atomic E-state index is 0.611. The van der Waals surface area contributed by atoms with E-state index < -0.39 is 0 Å². The van der Waals surface area contributed by atoms with Crippen molar-refractivity contribution in [1.82, 2.24) is 15.0 Å². The third-order valence-electron chi connectivity index (χ3n) is 3.70. The van der Waals surface area contributed by atoms with Gasteiger partial charge in [-0.25, -0.2) is 15.0 Å². The maximum Gasteiger partial charge on any atom is 0.178 e. The first-order chi connectivity index (χ1) is 11.3. The fourth-order valence-electron chi connectivity index (χ4n) is 2.54. The third kappa shape index (κ3) is 2.51. The number of aromatic nitrogens is 3. The van der Waals surface area contributed by atoms with Crippen LogP contribution in [0.15, 0.2) is 72.9 Å². The Kier molecular flexibility index (Phi) is 3.20. The van der Waals surface area contributed by atoms with Gasteiger partial charge in [0.2, 0.25) is 0 Å². The molecule has 0 unspecified atom stereocenters. The van der Waals surface area contributed by atoms with Gasteiger partial charge in [0, 0.05) is 22.8 Å². The zero-order valence-corrected chi connectivity index (χ0v) is 12.3. The molecular weight excluding hydrogens is 284 g/mol. The SMILES string of the molecule is Nc1ccccc1-c1cccc(-c2ncc3ccccc3n2)n1. The Morgan fingerprint density at radius 1 is 0.696 bits per heavy atom. The summed E-state index contributed by atoms with van der Waals surface area (Å²) in [6.45, 7) is 0. The molecule has 0 fully saturated rings. The predicted octanol–water partition coefficient (Wildman–Crippen LogP) is 3.94. The zero-order chi connectivity index (χ0) is 15.6. The van der Waals surface area contributed by atoms with Gasteiger partial charge in [-0.3, -0.25) is 0 Å². The van der Waals surface area contributed by atoms with Crippen molar-refractivity contribution in [3.63, 3.8) is 0 Å². The van der Waals surface area contributed by atoms with Crippen LogP contribution in [0, 0.1) is 0 Å². The van der Waals surface area contributed by atoms with Gasteiger partial charge in [-0.05, 0) is 24.3 Å². The van der Waals surface area contributed by atoms with Crippen LogP contribution in [0.4, 0.5) is 5.69 Å². The molecule has 0 saturated heterocycles. The quantitative estimate of drug-likeness (QED) is 0.569. The highest BCUT2D eigenvalue weighted by molar-refractivity contribution is 5.79. The molecule has 0 radical (unpaired) electrons. The molecule has 0 aliphatic carbocycles. The number of nitrogens with two attached hydrogens (primary N) is 1. The molecule has 0 bridgehead atoms. The molecule has 0 spiro atoms. The number of para-hydroxylation sites is 2. The van der Waals surface area contributed by atoms with Crippen LogP contribution in [0.5, 0.6) is 0 Å².